The first-order chi connectivity index (χ1) is 9.33. The molecule has 0 radical (unpaired) electrons. The Kier molecular flexibility index (Phi) is 5.55. The summed E-state index contributed by atoms with van der Waals surface area (Å²) in [7, 11) is -3.85. The van der Waals surface area contributed by atoms with E-state index in [1.165, 1.54) is 0 Å². The van der Waals surface area contributed by atoms with Crippen LogP contribution in [0.5, 0.6) is 0 Å². The summed E-state index contributed by atoms with van der Waals surface area (Å²) in [5, 5.41) is 8.36. The molecule has 110 valence electrons. The van der Waals surface area contributed by atoms with Crippen LogP contribution in [0.2, 0.25) is 0 Å². The average Bonchev–Trinajstić information content (AvgIpc) is 2.38. The number of nitrogens with one attached hydrogen (secondary N) is 1. The Balaban J connectivity index is 2.56. The maximum absolute atomic E-state index is 11.7. The maximum atomic E-state index is 11.7. The van der Waals surface area contributed by atoms with Crippen molar-refractivity contribution < 1.29 is 27.9 Å². The quantitative estimate of drug-likeness (QED) is 0.498. The first kappa shape index (κ1) is 16.0. The van der Waals surface area contributed by atoms with Crippen LogP contribution in [-0.4, -0.2) is 50.1 Å². The largest absolute Gasteiger partial charge is 0.478 e. The van der Waals surface area contributed by atoms with Crippen molar-refractivity contribution in [2.45, 2.75) is 5.03 Å². The van der Waals surface area contributed by atoms with Crippen LogP contribution in [0.3, 0.4) is 0 Å². The lowest BCUT2D eigenvalue weighted by Crippen LogP contribution is -2.29. The Hall–Kier alpha value is -2.04. The van der Waals surface area contributed by atoms with Crippen molar-refractivity contribution in [3.8, 4) is 0 Å². The van der Waals surface area contributed by atoms with Gasteiger partial charge in [0.1, 0.15) is 6.61 Å². The summed E-state index contributed by atoms with van der Waals surface area (Å²) in [4.78, 5) is 24.5. The molecule has 0 saturated carbocycles. The summed E-state index contributed by atoms with van der Waals surface area (Å²) < 4.78 is 30.4. The van der Waals surface area contributed by atoms with Crippen molar-refractivity contribution >= 4 is 21.9 Å². The van der Waals surface area contributed by atoms with Gasteiger partial charge in [-0.2, -0.15) is 0 Å². The molecular weight excluding hydrogens is 290 g/mol. The predicted octanol–water partition coefficient (Wildman–Crippen LogP) is -1.44. The third-order valence-electron chi connectivity index (χ3n) is 2.04. The number of nitrogens with two attached hydrogens (primary N) is 1. The van der Waals surface area contributed by atoms with Crippen molar-refractivity contribution in [1.82, 2.24) is 9.71 Å². The molecule has 10 heteroatoms. The second-order valence-corrected chi connectivity index (χ2v) is 5.32. The van der Waals surface area contributed by atoms with E-state index in [0.29, 0.717) is 0 Å². The van der Waals surface area contributed by atoms with Crippen molar-refractivity contribution in [1.29, 1.82) is 0 Å². The Labute approximate surface area is 114 Å². The Bertz CT molecular complexity index is 584. The van der Waals surface area contributed by atoms with Crippen LogP contribution < -0.4 is 10.5 Å². The van der Waals surface area contributed by atoms with Gasteiger partial charge >= 0.3 is 5.97 Å². The van der Waals surface area contributed by atoms with E-state index < -0.39 is 21.9 Å². The summed E-state index contributed by atoms with van der Waals surface area (Å²) in [5.41, 5.74) is 4.71. The van der Waals surface area contributed by atoms with E-state index in [9.17, 15) is 18.0 Å². The number of sulfonamides is 1. The number of carboxylic acid groups (broad SMARTS) is 1. The summed E-state index contributed by atoms with van der Waals surface area (Å²) >= 11 is 0. The van der Waals surface area contributed by atoms with Gasteiger partial charge in [-0.15, -0.1) is 0 Å². The number of pyridine rings is 1. The van der Waals surface area contributed by atoms with Crippen LogP contribution in [0.15, 0.2) is 23.4 Å². The van der Waals surface area contributed by atoms with E-state index in [0.717, 1.165) is 18.3 Å². The number of aromatic carboxylic acids is 1. The first-order valence-electron chi connectivity index (χ1n) is 5.38. The van der Waals surface area contributed by atoms with E-state index in [-0.39, 0.29) is 30.3 Å². The predicted molar refractivity (Wildman–Crippen MR) is 66.4 cm³/mol. The summed E-state index contributed by atoms with van der Waals surface area (Å²) in [6.07, 6.45) is 0.945. The zero-order valence-electron chi connectivity index (χ0n) is 10.3. The van der Waals surface area contributed by atoms with Crippen LogP contribution in [0.1, 0.15) is 10.4 Å². The highest BCUT2D eigenvalue weighted by molar-refractivity contribution is 7.89. The topological polar surface area (TPSA) is 149 Å². The fraction of sp³-hybridized carbons (Fsp3) is 0.300. The Morgan fingerprint density at radius 1 is 1.40 bits per heavy atom. The zero-order chi connectivity index (χ0) is 15.2. The monoisotopic (exact) mass is 303 g/mol. The van der Waals surface area contributed by atoms with Crippen LogP contribution in [-0.2, 0) is 19.6 Å². The number of carbonyl (C=O) groups is 2. The minimum atomic E-state index is -3.85. The van der Waals surface area contributed by atoms with Crippen molar-refractivity contribution in [2.75, 3.05) is 19.8 Å². The standard InChI is InChI=1S/C10H13N3O6S/c11-8(14)6-19-4-3-13-20(17,18)9-2-1-7(5-12-9)10(15)16/h1-2,5,13H,3-4,6H2,(H2,11,14)(H,15,16). The summed E-state index contributed by atoms with van der Waals surface area (Å²) in [6.45, 7) is -0.402. The smallest absolute Gasteiger partial charge is 0.337 e. The van der Waals surface area contributed by atoms with Gasteiger partial charge in [0.25, 0.3) is 10.0 Å². The molecule has 4 N–H and O–H groups in total. The molecule has 1 aromatic rings. The van der Waals surface area contributed by atoms with Crippen molar-refractivity contribution in [3.63, 3.8) is 0 Å². The molecule has 0 fully saturated rings. The van der Waals surface area contributed by atoms with E-state index in [1.54, 1.807) is 0 Å². The fourth-order valence-corrected chi connectivity index (χ4v) is 2.10. The van der Waals surface area contributed by atoms with Gasteiger partial charge in [-0.25, -0.2) is 22.9 Å². The molecule has 1 amide bonds. The van der Waals surface area contributed by atoms with Crippen LogP contribution >= 0.6 is 0 Å². The number of rotatable bonds is 8. The highest BCUT2D eigenvalue weighted by Gasteiger charge is 2.15. The molecule has 0 aliphatic rings. The molecule has 0 atom stereocenters. The molecule has 20 heavy (non-hydrogen) atoms. The van der Waals surface area contributed by atoms with E-state index in [2.05, 4.69) is 9.71 Å². The van der Waals surface area contributed by atoms with E-state index in [4.69, 9.17) is 15.6 Å². The molecule has 1 heterocycles. The van der Waals surface area contributed by atoms with Gasteiger partial charge in [0.2, 0.25) is 5.91 Å². The normalized spacial score (nSPS) is 11.2. The second kappa shape index (κ2) is 6.93. The summed E-state index contributed by atoms with van der Waals surface area (Å²) in [6, 6.07) is 2.21. The van der Waals surface area contributed by atoms with Gasteiger partial charge in [0.15, 0.2) is 5.03 Å². The van der Waals surface area contributed by atoms with Gasteiger partial charge in [0, 0.05) is 12.7 Å². The van der Waals surface area contributed by atoms with E-state index >= 15 is 0 Å². The molecule has 0 aliphatic heterocycles. The third-order valence-corrected chi connectivity index (χ3v) is 3.42. The van der Waals surface area contributed by atoms with Crippen LogP contribution in [0, 0.1) is 0 Å². The van der Waals surface area contributed by atoms with Gasteiger partial charge in [-0.3, -0.25) is 4.79 Å². The SMILES string of the molecule is NC(=O)COCCNS(=O)(=O)c1ccc(C(=O)O)cn1. The number of nitrogens with zero attached hydrogens (tertiary/aromatic N) is 1. The van der Waals surface area contributed by atoms with Gasteiger partial charge in [-0.1, -0.05) is 0 Å². The molecule has 0 spiro atoms. The van der Waals surface area contributed by atoms with Crippen molar-refractivity contribution in [2.24, 2.45) is 5.73 Å². The Morgan fingerprint density at radius 3 is 2.60 bits per heavy atom. The highest BCUT2D eigenvalue weighted by Crippen LogP contribution is 2.06. The lowest BCUT2D eigenvalue weighted by molar-refractivity contribution is -0.122. The van der Waals surface area contributed by atoms with Gasteiger partial charge in [0.05, 0.1) is 12.2 Å². The number of carbonyl (C=O) groups excluding carboxylic acids is 1. The molecule has 9 nitrogen and oxygen atoms in total. The molecule has 0 bridgehead atoms. The lowest BCUT2D eigenvalue weighted by Gasteiger charge is -2.06. The minimum absolute atomic E-state index is 0.0324. The highest BCUT2D eigenvalue weighted by atomic mass is 32.2. The Morgan fingerprint density at radius 2 is 2.10 bits per heavy atom. The number of hydrogen-bond donors (Lipinski definition) is 3. The first-order valence-corrected chi connectivity index (χ1v) is 6.86. The number of aromatic nitrogens is 1. The van der Waals surface area contributed by atoms with E-state index in [1.807, 2.05) is 0 Å². The molecule has 1 rings (SSSR count). The number of ether oxygens (including phenoxy) is 1. The molecular formula is C10H13N3O6S. The van der Waals surface area contributed by atoms with Crippen LogP contribution in [0.4, 0.5) is 0 Å². The maximum Gasteiger partial charge on any atom is 0.337 e. The molecule has 0 aromatic carbocycles. The number of hydrogen-bond acceptors (Lipinski definition) is 6. The third kappa shape index (κ3) is 4.91. The van der Waals surface area contributed by atoms with Gasteiger partial charge < -0.3 is 15.6 Å². The molecule has 0 saturated heterocycles. The summed E-state index contributed by atoms with van der Waals surface area (Å²) in [5.74, 6) is -1.85. The number of carboxylic acids is 1. The second-order valence-electron chi connectivity index (χ2n) is 3.61. The average molecular weight is 303 g/mol. The number of amides is 1. The lowest BCUT2D eigenvalue weighted by atomic mass is 10.3. The minimum Gasteiger partial charge on any atom is -0.478 e. The molecule has 0 aliphatic carbocycles. The number of primary amides is 1. The molecule has 1 aromatic heterocycles. The zero-order valence-corrected chi connectivity index (χ0v) is 11.1. The molecule has 0 unspecified atom stereocenters. The fourth-order valence-electron chi connectivity index (χ4n) is 1.16. The van der Waals surface area contributed by atoms with Crippen molar-refractivity contribution in [3.05, 3.63) is 23.9 Å². The van der Waals surface area contributed by atoms with Crippen LogP contribution in [0.25, 0.3) is 0 Å². The van der Waals surface area contributed by atoms with Gasteiger partial charge in [-0.05, 0) is 12.1 Å².